The molecule has 0 atom stereocenters. The SMILES string of the molecule is CN1CCN(C(=O)CNS(=O)(=O)c2ccc3c(c2)oc(=O)n3C)CC1. The third kappa shape index (κ3) is 3.60. The van der Waals surface area contributed by atoms with Gasteiger partial charge in [0, 0.05) is 39.3 Å². The third-order valence-electron chi connectivity index (χ3n) is 4.34. The van der Waals surface area contributed by atoms with Crippen LogP contribution in [0.25, 0.3) is 11.1 Å². The van der Waals surface area contributed by atoms with Gasteiger partial charge in [-0.1, -0.05) is 0 Å². The lowest BCUT2D eigenvalue weighted by Gasteiger charge is -2.32. The lowest BCUT2D eigenvalue weighted by Crippen LogP contribution is -2.50. The lowest BCUT2D eigenvalue weighted by molar-refractivity contribution is -0.131. The Kier molecular flexibility index (Phi) is 4.67. The predicted molar refractivity (Wildman–Crippen MR) is 90.7 cm³/mol. The number of aryl methyl sites for hydroxylation is 1. The molecule has 0 spiro atoms. The maximum atomic E-state index is 12.4. The van der Waals surface area contributed by atoms with Gasteiger partial charge in [-0.15, -0.1) is 0 Å². The van der Waals surface area contributed by atoms with Crippen LogP contribution < -0.4 is 10.5 Å². The maximum Gasteiger partial charge on any atom is 0.419 e. The van der Waals surface area contributed by atoms with Gasteiger partial charge in [0.1, 0.15) is 0 Å². The number of fused-ring (bicyclic) bond motifs is 1. The molecule has 0 radical (unpaired) electrons. The number of nitrogens with zero attached hydrogens (tertiary/aromatic N) is 3. The monoisotopic (exact) mass is 368 g/mol. The van der Waals surface area contributed by atoms with Crippen LogP contribution in [-0.2, 0) is 21.9 Å². The number of hydrogen-bond donors (Lipinski definition) is 1. The van der Waals surface area contributed by atoms with E-state index < -0.39 is 15.8 Å². The second kappa shape index (κ2) is 6.62. The summed E-state index contributed by atoms with van der Waals surface area (Å²) < 4.78 is 33.4. The highest BCUT2D eigenvalue weighted by Crippen LogP contribution is 2.17. The van der Waals surface area contributed by atoms with Crippen molar-refractivity contribution in [2.24, 2.45) is 7.05 Å². The molecule has 1 fully saturated rings. The molecule has 2 heterocycles. The number of piperazine rings is 1. The number of aromatic nitrogens is 1. The zero-order valence-corrected chi connectivity index (χ0v) is 14.9. The summed E-state index contributed by atoms with van der Waals surface area (Å²) in [5, 5.41) is 0. The van der Waals surface area contributed by atoms with Crippen LogP contribution in [-0.4, -0.2) is 68.5 Å². The smallest absolute Gasteiger partial charge is 0.408 e. The Morgan fingerprint density at radius 3 is 2.56 bits per heavy atom. The predicted octanol–water partition coefficient (Wildman–Crippen LogP) is -0.816. The molecule has 1 aliphatic heterocycles. The van der Waals surface area contributed by atoms with Gasteiger partial charge in [0.15, 0.2) is 5.58 Å². The molecule has 0 saturated carbocycles. The molecule has 10 heteroatoms. The van der Waals surface area contributed by atoms with Crippen molar-refractivity contribution in [3.63, 3.8) is 0 Å². The van der Waals surface area contributed by atoms with E-state index in [4.69, 9.17) is 4.42 Å². The minimum atomic E-state index is -3.88. The van der Waals surface area contributed by atoms with Crippen LogP contribution in [0.1, 0.15) is 0 Å². The van der Waals surface area contributed by atoms with E-state index in [1.54, 1.807) is 4.90 Å². The van der Waals surface area contributed by atoms with Crippen LogP contribution in [0, 0.1) is 0 Å². The van der Waals surface area contributed by atoms with E-state index in [0.29, 0.717) is 18.6 Å². The Balaban J connectivity index is 1.71. The maximum absolute atomic E-state index is 12.4. The van der Waals surface area contributed by atoms with Gasteiger partial charge < -0.3 is 14.2 Å². The summed E-state index contributed by atoms with van der Waals surface area (Å²) in [5.41, 5.74) is 0.679. The number of rotatable bonds is 4. The van der Waals surface area contributed by atoms with Gasteiger partial charge in [-0.05, 0) is 19.2 Å². The lowest BCUT2D eigenvalue weighted by atomic mass is 10.3. The number of amides is 1. The second-order valence-corrected chi connectivity index (χ2v) is 7.83. The summed E-state index contributed by atoms with van der Waals surface area (Å²) in [5.74, 6) is -0.827. The zero-order chi connectivity index (χ0) is 18.2. The van der Waals surface area contributed by atoms with E-state index in [-0.39, 0.29) is 22.9 Å². The first-order chi connectivity index (χ1) is 11.8. The van der Waals surface area contributed by atoms with E-state index in [1.807, 2.05) is 7.05 Å². The number of sulfonamides is 1. The van der Waals surface area contributed by atoms with Gasteiger partial charge in [0.25, 0.3) is 0 Å². The average Bonchev–Trinajstić information content (AvgIpc) is 2.87. The second-order valence-electron chi connectivity index (χ2n) is 6.07. The Bertz CT molecular complexity index is 954. The minimum absolute atomic E-state index is 0.0551. The fraction of sp³-hybridized carbons (Fsp3) is 0.467. The van der Waals surface area contributed by atoms with Gasteiger partial charge >= 0.3 is 5.76 Å². The number of benzene rings is 1. The van der Waals surface area contributed by atoms with Crippen molar-refractivity contribution in [1.29, 1.82) is 0 Å². The van der Waals surface area contributed by atoms with Gasteiger partial charge in [0.2, 0.25) is 15.9 Å². The van der Waals surface area contributed by atoms with Crippen molar-refractivity contribution in [2.45, 2.75) is 4.90 Å². The molecule has 136 valence electrons. The van der Waals surface area contributed by atoms with Crippen LogP contribution in [0.3, 0.4) is 0 Å². The Labute approximate surface area is 144 Å². The number of nitrogens with one attached hydrogen (secondary N) is 1. The molecule has 1 N–H and O–H groups in total. The van der Waals surface area contributed by atoms with E-state index in [2.05, 4.69) is 9.62 Å². The molecule has 9 nitrogen and oxygen atoms in total. The first kappa shape index (κ1) is 17.6. The van der Waals surface area contributed by atoms with Crippen LogP contribution in [0.2, 0.25) is 0 Å². The highest BCUT2D eigenvalue weighted by molar-refractivity contribution is 7.89. The van der Waals surface area contributed by atoms with Crippen molar-refractivity contribution in [2.75, 3.05) is 39.8 Å². The van der Waals surface area contributed by atoms with E-state index in [9.17, 15) is 18.0 Å². The van der Waals surface area contributed by atoms with Crippen molar-refractivity contribution >= 4 is 27.0 Å². The van der Waals surface area contributed by atoms with Crippen LogP contribution in [0.5, 0.6) is 0 Å². The number of hydrogen-bond acceptors (Lipinski definition) is 6. The average molecular weight is 368 g/mol. The topological polar surface area (TPSA) is 105 Å². The molecular weight excluding hydrogens is 348 g/mol. The van der Waals surface area contributed by atoms with Crippen molar-refractivity contribution < 1.29 is 17.6 Å². The number of carbonyl (C=O) groups is 1. The van der Waals surface area contributed by atoms with Crippen LogP contribution in [0.15, 0.2) is 32.3 Å². The molecule has 1 aliphatic rings. The highest BCUT2D eigenvalue weighted by atomic mass is 32.2. The fourth-order valence-corrected chi connectivity index (χ4v) is 3.68. The number of likely N-dealkylation sites (N-methyl/N-ethyl adjacent to an activating group) is 1. The fourth-order valence-electron chi connectivity index (χ4n) is 2.69. The standard InChI is InChI=1S/C15H20N4O5S/c1-17-5-7-19(8-6-17)14(20)10-16-25(22,23)11-3-4-12-13(9-11)24-15(21)18(12)2/h3-4,9,16H,5-8,10H2,1-2H3. The summed E-state index contributed by atoms with van der Waals surface area (Å²) in [4.78, 5) is 27.3. The molecule has 0 aliphatic carbocycles. The zero-order valence-electron chi connectivity index (χ0n) is 14.1. The first-order valence-electron chi connectivity index (χ1n) is 7.83. The summed E-state index contributed by atoms with van der Waals surface area (Å²) in [6, 6.07) is 4.15. The molecule has 2 aromatic rings. The van der Waals surface area contributed by atoms with E-state index in [0.717, 1.165) is 13.1 Å². The quantitative estimate of drug-likeness (QED) is 0.756. The van der Waals surface area contributed by atoms with Crippen LogP contribution >= 0.6 is 0 Å². The molecule has 1 amide bonds. The molecule has 3 rings (SSSR count). The van der Waals surface area contributed by atoms with Crippen molar-refractivity contribution in [3.05, 3.63) is 28.7 Å². The van der Waals surface area contributed by atoms with Crippen molar-refractivity contribution in [1.82, 2.24) is 19.1 Å². The van der Waals surface area contributed by atoms with Gasteiger partial charge in [-0.3, -0.25) is 9.36 Å². The van der Waals surface area contributed by atoms with E-state index in [1.165, 1.54) is 29.8 Å². The number of carbonyl (C=O) groups excluding carboxylic acids is 1. The van der Waals surface area contributed by atoms with Crippen molar-refractivity contribution in [3.8, 4) is 0 Å². The molecule has 25 heavy (non-hydrogen) atoms. The Morgan fingerprint density at radius 2 is 1.88 bits per heavy atom. The summed E-state index contributed by atoms with van der Waals surface area (Å²) in [6.07, 6.45) is 0. The molecule has 1 aromatic carbocycles. The molecule has 0 bridgehead atoms. The van der Waals surface area contributed by atoms with Crippen LogP contribution in [0.4, 0.5) is 0 Å². The summed E-state index contributed by atoms with van der Waals surface area (Å²) >= 11 is 0. The molecule has 0 unspecified atom stereocenters. The minimum Gasteiger partial charge on any atom is -0.408 e. The van der Waals surface area contributed by atoms with Gasteiger partial charge in [-0.25, -0.2) is 17.9 Å². The molecule has 1 aromatic heterocycles. The molecule has 1 saturated heterocycles. The normalized spacial score (nSPS) is 16.5. The Hall–Kier alpha value is -2.17. The van der Waals surface area contributed by atoms with Gasteiger partial charge in [0.05, 0.1) is 17.0 Å². The highest BCUT2D eigenvalue weighted by Gasteiger charge is 2.22. The largest absolute Gasteiger partial charge is 0.419 e. The Morgan fingerprint density at radius 1 is 1.20 bits per heavy atom. The van der Waals surface area contributed by atoms with Gasteiger partial charge in [-0.2, -0.15) is 0 Å². The first-order valence-corrected chi connectivity index (χ1v) is 9.32. The third-order valence-corrected chi connectivity index (χ3v) is 5.74. The summed E-state index contributed by atoms with van der Waals surface area (Å²) in [6.45, 7) is 2.39. The number of oxazole rings is 1. The summed E-state index contributed by atoms with van der Waals surface area (Å²) in [7, 11) is -0.367. The van der Waals surface area contributed by atoms with E-state index >= 15 is 0 Å². The molecular formula is C15H20N4O5S.